The SMILES string of the molecule is O=C(NCc1ccn(-c2ccc(F)cc2)n1)c1ccc[nH]1. The molecule has 21 heavy (non-hydrogen) atoms. The molecular formula is C15H13FN4O. The minimum atomic E-state index is -0.288. The number of nitrogens with one attached hydrogen (secondary N) is 2. The van der Waals surface area contributed by atoms with E-state index in [1.54, 1.807) is 47.4 Å². The van der Waals surface area contributed by atoms with Crippen molar-refractivity contribution in [3.63, 3.8) is 0 Å². The second-order valence-electron chi connectivity index (χ2n) is 4.49. The lowest BCUT2D eigenvalue weighted by atomic mass is 10.3. The van der Waals surface area contributed by atoms with Gasteiger partial charge >= 0.3 is 0 Å². The Morgan fingerprint density at radius 2 is 2.05 bits per heavy atom. The minimum absolute atomic E-state index is 0.184. The van der Waals surface area contributed by atoms with E-state index in [0.29, 0.717) is 12.2 Å². The van der Waals surface area contributed by atoms with E-state index in [0.717, 1.165) is 11.4 Å². The Morgan fingerprint density at radius 1 is 1.24 bits per heavy atom. The van der Waals surface area contributed by atoms with E-state index in [1.165, 1.54) is 12.1 Å². The van der Waals surface area contributed by atoms with Crippen LogP contribution in [-0.2, 0) is 6.54 Å². The number of benzene rings is 1. The van der Waals surface area contributed by atoms with Gasteiger partial charge in [0.2, 0.25) is 0 Å². The summed E-state index contributed by atoms with van der Waals surface area (Å²) in [6, 6.07) is 11.3. The molecule has 0 spiro atoms. The van der Waals surface area contributed by atoms with Gasteiger partial charge in [0.05, 0.1) is 17.9 Å². The van der Waals surface area contributed by atoms with E-state index in [1.807, 2.05) is 0 Å². The molecule has 0 radical (unpaired) electrons. The molecule has 0 bridgehead atoms. The second kappa shape index (κ2) is 5.62. The Kier molecular flexibility index (Phi) is 3.51. The fraction of sp³-hybridized carbons (Fsp3) is 0.0667. The molecule has 1 aromatic carbocycles. The zero-order valence-electron chi connectivity index (χ0n) is 11.1. The summed E-state index contributed by atoms with van der Waals surface area (Å²) in [7, 11) is 0. The molecule has 3 aromatic rings. The highest BCUT2D eigenvalue weighted by Gasteiger charge is 2.07. The van der Waals surface area contributed by atoms with Gasteiger partial charge in [-0.2, -0.15) is 5.10 Å². The van der Waals surface area contributed by atoms with Gasteiger partial charge in [0.25, 0.3) is 5.91 Å². The van der Waals surface area contributed by atoms with Gasteiger partial charge in [-0.3, -0.25) is 4.79 Å². The third-order valence-corrected chi connectivity index (χ3v) is 3.01. The lowest BCUT2D eigenvalue weighted by Gasteiger charge is -2.02. The van der Waals surface area contributed by atoms with Crippen LogP contribution in [0.4, 0.5) is 4.39 Å². The van der Waals surface area contributed by atoms with Crippen molar-refractivity contribution in [3.8, 4) is 5.69 Å². The van der Waals surface area contributed by atoms with E-state index in [9.17, 15) is 9.18 Å². The van der Waals surface area contributed by atoms with Crippen molar-refractivity contribution in [2.75, 3.05) is 0 Å². The smallest absolute Gasteiger partial charge is 0.268 e. The van der Waals surface area contributed by atoms with Crippen molar-refractivity contribution in [1.29, 1.82) is 0 Å². The first-order chi connectivity index (χ1) is 10.2. The van der Waals surface area contributed by atoms with Gasteiger partial charge in [-0.05, 0) is 42.5 Å². The monoisotopic (exact) mass is 284 g/mol. The molecular weight excluding hydrogens is 271 g/mol. The molecule has 0 aliphatic carbocycles. The topological polar surface area (TPSA) is 62.7 Å². The first-order valence-corrected chi connectivity index (χ1v) is 6.44. The first kappa shape index (κ1) is 13.1. The van der Waals surface area contributed by atoms with Crippen molar-refractivity contribution < 1.29 is 9.18 Å². The maximum Gasteiger partial charge on any atom is 0.268 e. The molecule has 3 rings (SSSR count). The summed E-state index contributed by atoms with van der Waals surface area (Å²) in [4.78, 5) is 14.6. The summed E-state index contributed by atoms with van der Waals surface area (Å²) < 4.78 is 14.5. The summed E-state index contributed by atoms with van der Waals surface area (Å²) in [5, 5.41) is 7.10. The lowest BCUT2D eigenvalue weighted by Crippen LogP contribution is -2.23. The van der Waals surface area contributed by atoms with Gasteiger partial charge in [0.1, 0.15) is 11.5 Å². The van der Waals surface area contributed by atoms with Gasteiger partial charge < -0.3 is 10.3 Å². The number of carbonyl (C=O) groups is 1. The third kappa shape index (κ3) is 3.00. The highest BCUT2D eigenvalue weighted by atomic mass is 19.1. The molecule has 2 N–H and O–H groups in total. The molecule has 1 amide bonds. The fourth-order valence-corrected chi connectivity index (χ4v) is 1.93. The molecule has 0 fully saturated rings. The number of amides is 1. The van der Waals surface area contributed by atoms with E-state index >= 15 is 0 Å². The van der Waals surface area contributed by atoms with E-state index in [4.69, 9.17) is 0 Å². The number of hydrogen-bond acceptors (Lipinski definition) is 2. The van der Waals surface area contributed by atoms with Crippen molar-refractivity contribution >= 4 is 5.91 Å². The average Bonchev–Trinajstić information content (AvgIpc) is 3.17. The zero-order valence-corrected chi connectivity index (χ0v) is 11.1. The third-order valence-electron chi connectivity index (χ3n) is 3.01. The summed E-state index contributed by atoms with van der Waals surface area (Å²) in [6.07, 6.45) is 3.46. The Bertz CT molecular complexity index is 731. The van der Waals surface area contributed by atoms with E-state index < -0.39 is 0 Å². The number of aromatic nitrogens is 3. The Morgan fingerprint density at radius 3 is 2.76 bits per heavy atom. The van der Waals surface area contributed by atoms with Crippen LogP contribution in [0.15, 0.2) is 54.9 Å². The molecule has 0 saturated carbocycles. The number of rotatable bonds is 4. The van der Waals surface area contributed by atoms with Crippen molar-refractivity contribution in [1.82, 2.24) is 20.1 Å². The van der Waals surface area contributed by atoms with Crippen molar-refractivity contribution in [2.24, 2.45) is 0 Å². The molecule has 0 saturated heterocycles. The van der Waals surface area contributed by atoms with Crippen LogP contribution in [0.1, 0.15) is 16.2 Å². The predicted octanol–water partition coefficient (Wildman–Crippen LogP) is 2.27. The molecule has 6 heteroatoms. The molecule has 2 heterocycles. The zero-order chi connectivity index (χ0) is 14.7. The van der Waals surface area contributed by atoms with Gasteiger partial charge in [-0.1, -0.05) is 0 Å². The normalized spacial score (nSPS) is 10.5. The van der Waals surface area contributed by atoms with Crippen LogP contribution in [0.3, 0.4) is 0 Å². The number of aromatic amines is 1. The number of carbonyl (C=O) groups excluding carboxylic acids is 1. The van der Waals surface area contributed by atoms with Crippen LogP contribution in [-0.4, -0.2) is 20.7 Å². The lowest BCUT2D eigenvalue weighted by molar-refractivity contribution is 0.0946. The molecule has 0 unspecified atom stereocenters. The standard InChI is InChI=1S/C15H13FN4O/c16-11-3-5-13(6-4-11)20-9-7-12(19-20)10-18-15(21)14-2-1-8-17-14/h1-9,17H,10H2,(H,18,21). The fourth-order valence-electron chi connectivity index (χ4n) is 1.93. The number of hydrogen-bond donors (Lipinski definition) is 2. The van der Waals surface area contributed by atoms with Gasteiger partial charge in [-0.25, -0.2) is 9.07 Å². The Balaban J connectivity index is 1.65. The maximum absolute atomic E-state index is 12.9. The molecule has 2 aromatic heterocycles. The van der Waals surface area contributed by atoms with E-state index in [-0.39, 0.29) is 11.7 Å². The summed E-state index contributed by atoms with van der Waals surface area (Å²) in [5.74, 6) is -0.472. The Hall–Kier alpha value is -2.89. The second-order valence-corrected chi connectivity index (χ2v) is 4.49. The van der Waals surface area contributed by atoms with E-state index in [2.05, 4.69) is 15.4 Å². The van der Waals surface area contributed by atoms with Crippen LogP contribution >= 0.6 is 0 Å². The van der Waals surface area contributed by atoms with Crippen molar-refractivity contribution in [2.45, 2.75) is 6.54 Å². The summed E-state index contributed by atoms with van der Waals surface area (Å²) in [6.45, 7) is 0.325. The van der Waals surface area contributed by atoms with Gasteiger partial charge in [0.15, 0.2) is 0 Å². The van der Waals surface area contributed by atoms with Crippen LogP contribution in [0.25, 0.3) is 5.69 Å². The maximum atomic E-state index is 12.9. The predicted molar refractivity (Wildman–Crippen MR) is 75.5 cm³/mol. The highest BCUT2D eigenvalue weighted by molar-refractivity contribution is 5.92. The van der Waals surface area contributed by atoms with Crippen molar-refractivity contribution in [3.05, 3.63) is 72.1 Å². The van der Waals surface area contributed by atoms with Crippen LogP contribution in [0, 0.1) is 5.82 Å². The molecule has 5 nitrogen and oxygen atoms in total. The summed E-state index contributed by atoms with van der Waals surface area (Å²) >= 11 is 0. The van der Waals surface area contributed by atoms with Crippen LogP contribution in [0.5, 0.6) is 0 Å². The molecule has 0 aliphatic rings. The van der Waals surface area contributed by atoms with Gasteiger partial charge in [0, 0.05) is 12.4 Å². The molecule has 0 atom stereocenters. The number of H-pyrrole nitrogens is 1. The molecule has 0 aliphatic heterocycles. The number of halogens is 1. The average molecular weight is 284 g/mol. The van der Waals surface area contributed by atoms with Crippen LogP contribution < -0.4 is 5.32 Å². The largest absolute Gasteiger partial charge is 0.357 e. The minimum Gasteiger partial charge on any atom is -0.357 e. The summed E-state index contributed by atoms with van der Waals surface area (Å²) in [5.41, 5.74) is 1.99. The van der Waals surface area contributed by atoms with Gasteiger partial charge in [-0.15, -0.1) is 0 Å². The Labute approximate surface area is 120 Å². The first-order valence-electron chi connectivity index (χ1n) is 6.44. The highest BCUT2D eigenvalue weighted by Crippen LogP contribution is 2.09. The quantitative estimate of drug-likeness (QED) is 0.772. The molecule has 106 valence electrons. The van der Waals surface area contributed by atoms with Crippen LogP contribution in [0.2, 0.25) is 0 Å². The number of nitrogens with zero attached hydrogens (tertiary/aromatic N) is 2.